The predicted octanol–water partition coefficient (Wildman–Crippen LogP) is 0.167. The van der Waals surface area contributed by atoms with Crippen LogP contribution in [0.2, 0.25) is 0 Å². The number of aryl methyl sites for hydroxylation is 2. The molecule has 1 aliphatic heterocycles. The molecule has 0 spiro atoms. The van der Waals surface area contributed by atoms with Gasteiger partial charge in [0.1, 0.15) is 0 Å². The van der Waals surface area contributed by atoms with Gasteiger partial charge in [-0.05, 0) is 13.0 Å². The first-order chi connectivity index (χ1) is 8.02. The third-order valence-electron chi connectivity index (χ3n) is 2.62. The molecular formula is C11H13N3O3. The van der Waals surface area contributed by atoms with Crippen molar-refractivity contribution < 1.29 is 14.3 Å². The van der Waals surface area contributed by atoms with Gasteiger partial charge >= 0.3 is 0 Å². The van der Waals surface area contributed by atoms with Crippen LogP contribution in [0.4, 0.5) is 0 Å². The molecule has 0 aliphatic carbocycles. The number of amides is 2. The van der Waals surface area contributed by atoms with Crippen LogP contribution in [0.5, 0.6) is 5.88 Å². The molecule has 2 amide bonds. The fourth-order valence-electron chi connectivity index (χ4n) is 1.86. The second-order valence-corrected chi connectivity index (χ2v) is 3.86. The average molecular weight is 235 g/mol. The van der Waals surface area contributed by atoms with E-state index in [1.165, 1.54) is 0 Å². The molecule has 1 aliphatic rings. The molecule has 1 aromatic rings. The molecule has 1 N–H and O–H groups in total. The lowest BCUT2D eigenvalue weighted by atomic mass is 10.1. The minimum Gasteiger partial charge on any atom is -0.481 e. The summed E-state index contributed by atoms with van der Waals surface area (Å²) in [6, 6.07) is 0. The molecule has 90 valence electrons. The Morgan fingerprint density at radius 3 is 2.71 bits per heavy atom. The van der Waals surface area contributed by atoms with Crippen molar-refractivity contribution in [3.63, 3.8) is 0 Å². The van der Waals surface area contributed by atoms with Crippen molar-refractivity contribution in [3.8, 4) is 5.88 Å². The van der Waals surface area contributed by atoms with Gasteiger partial charge in [0.2, 0.25) is 11.8 Å². The van der Waals surface area contributed by atoms with Crippen LogP contribution < -0.4 is 10.1 Å². The summed E-state index contributed by atoms with van der Waals surface area (Å²) < 4.78 is 6.80. The summed E-state index contributed by atoms with van der Waals surface area (Å²) in [4.78, 5) is 22.5. The number of rotatable bonds is 2. The van der Waals surface area contributed by atoms with Gasteiger partial charge in [0.15, 0.2) is 0 Å². The van der Waals surface area contributed by atoms with Crippen LogP contribution in [0, 0.1) is 6.92 Å². The lowest BCUT2D eigenvalue weighted by Crippen LogP contribution is -2.19. The molecule has 17 heavy (non-hydrogen) atoms. The van der Waals surface area contributed by atoms with Gasteiger partial charge in [-0.25, -0.2) is 4.68 Å². The second kappa shape index (κ2) is 4.04. The van der Waals surface area contributed by atoms with Gasteiger partial charge in [-0.15, -0.1) is 0 Å². The Balaban J connectivity index is 2.45. The molecular weight excluding hydrogens is 222 g/mol. The first-order valence-electron chi connectivity index (χ1n) is 5.15. The molecule has 0 aromatic carbocycles. The number of nitrogens with one attached hydrogen (secondary N) is 1. The van der Waals surface area contributed by atoms with Gasteiger partial charge in [0.25, 0.3) is 5.91 Å². The van der Waals surface area contributed by atoms with Gasteiger partial charge in [0, 0.05) is 12.6 Å². The average Bonchev–Trinajstić information content (AvgIpc) is 2.69. The van der Waals surface area contributed by atoms with Crippen LogP contribution in [0.25, 0.3) is 6.08 Å². The van der Waals surface area contributed by atoms with Crippen molar-refractivity contribution in [2.45, 2.75) is 13.3 Å². The Morgan fingerprint density at radius 1 is 1.47 bits per heavy atom. The number of methoxy groups -OCH3 is 1. The van der Waals surface area contributed by atoms with E-state index in [2.05, 4.69) is 10.4 Å². The monoisotopic (exact) mass is 235 g/mol. The Morgan fingerprint density at radius 2 is 2.18 bits per heavy atom. The molecule has 1 fully saturated rings. The number of imide groups is 1. The van der Waals surface area contributed by atoms with Crippen LogP contribution >= 0.6 is 0 Å². The van der Waals surface area contributed by atoms with E-state index in [0.717, 1.165) is 11.3 Å². The smallest absolute Gasteiger partial charge is 0.254 e. The highest BCUT2D eigenvalue weighted by atomic mass is 16.5. The third-order valence-corrected chi connectivity index (χ3v) is 2.62. The summed E-state index contributed by atoms with van der Waals surface area (Å²) in [6.07, 6.45) is 1.76. The van der Waals surface area contributed by atoms with E-state index in [4.69, 9.17) is 4.74 Å². The van der Waals surface area contributed by atoms with Crippen LogP contribution in [-0.4, -0.2) is 28.7 Å². The highest BCUT2D eigenvalue weighted by Gasteiger charge is 2.25. The zero-order valence-corrected chi connectivity index (χ0v) is 9.90. The van der Waals surface area contributed by atoms with Crippen LogP contribution in [0.1, 0.15) is 17.7 Å². The maximum atomic E-state index is 11.4. The number of nitrogens with zero attached hydrogens (tertiary/aromatic N) is 2. The van der Waals surface area contributed by atoms with E-state index in [0.29, 0.717) is 11.5 Å². The van der Waals surface area contributed by atoms with Crippen molar-refractivity contribution in [1.29, 1.82) is 0 Å². The summed E-state index contributed by atoms with van der Waals surface area (Å²) in [6.45, 7) is 1.82. The first kappa shape index (κ1) is 11.4. The normalized spacial score (nSPS) is 17.7. The lowest BCUT2D eigenvalue weighted by molar-refractivity contribution is -0.124. The SMILES string of the molecule is COc1c(/C=C2/CC(=O)NC2=O)c(C)nn1C. The van der Waals surface area contributed by atoms with Crippen LogP contribution in [0.15, 0.2) is 5.57 Å². The zero-order valence-electron chi connectivity index (χ0n) is 9.90. The summed E-state index contributed by atoms with van der Waals surface area (Å²) in [7, 11) is 3.30. The predicted molar refractivity (Wildman–Crippen MR) is 60.2 cm³/mol. The van der Waals surface area contributed by atoms with Crippen molar-refractivity contribution in [3.05, 3.63) is 16.8 Å². The minimum atomic E-state index is -0.347. The zero-order chi connectivity index (χ0) is 12.6. The molecule has 0 radical (unpaired) electrons. The van der Waals surface area contributed by atoms with Gasteiger partial charge in [0.05, 0.1) is 24.8 Å². The third kappa shape index (κ3) is 1.93. The number of carbonyl (C=O) groups excluding carboxylic acids is 2. The molecule has 2 rings (SSSR count). The maximum absolute atomic E-state index is 11.4. The lowest BCUT2D eigenvalue weighted by Gasteiger charge is -2.01. The molecule has 0 atom stereocenters. The number of carbonyl (C=O) groups is 2. The first-order valence-corrected chi connectivity index (χ1v) is 5.15. The van der Waals surface area contributed by atoms with Crippen LogP contribution in [-0.2, 0) is 16.6 Å². The Labute approximate surface area is 98.2 Å². The molecule has 1 saturated heterocycles. The molecule has 6 nitrogen and oxygen atoms in total. The number of aromatic nitrogens is 2. The van der Waals surface area contributed by atoms with E-state index < -0.39 is 0 Å². The van der Waals surface area contributed by atoms with E-state index in [1.807, 2.05) is 6.92 Å². The quantitative estimate of drug-likeness (QED) is 0.585. The molecule has 0 unspecified atom stereocenters. The fourth-order valence-corrected chi connectivity index (χ4v) is 1.86. The Kier molecular flexibility index (Phi) is 2.71. The Hall–Kier alpha value is -2.11. The number of ether oxygens (including phenoxy) is 1. The summed E-state index contributed by atoms with van der Waals surface area (Å²) >= 11 is 0. The van der Waals surface area contributed by atoms with Gasteiger partial charge < -0.3 is 4.74 Å². The van der Waals surface area contributed by atoms with Crippen LogP contribution in [0.3, 0.4) is 0 Å². The second-order valence-electron chi connectivity index (χ2n) is 3.86. The van der Waals surface area contributed by atoms with Gasteiger partial charge in [-0.2, -0.15) is 5.10 Å². The van der Waals surface area contributed by atoms with Crippen molar-refractivity contribution in [2.75, 3.05) is 7.11 Å². The van der Waals surface area contributed by atoms with Crippen molar-refractivity contribution in [1.82, 2.24) is 15.1 Å². The van der Waals surface area contributed by atoms with E-state index >= 15 is 0 Å². The number of hydrogen-bond donors (Lipinski definition) is 1. The van der Waals surface area contributed by atoms with Crippen molar-refractivity contribution in [2.24, 2.45) is 7.05 Å². The largest absolute Gasteiger partial charge is 0.481 e. The van der Waals surface area contributed by atoms with E-state index in [9.17, 15) is 9.59 Å². The fraction of sp³-hybridized carbons (Fsp3) is 0.364. The Bertz CT molecular complexity index is 528. The van der Waals surface area contributed by atoms with Gasteiger partial charge in [-0.3, -0.25) is 14.9 Å². The molecule has 0 bridgehead atoms. The summed E-state index contributed by atoms with van der Waals surface area (Å²) in [5.41, 5.74) is 1.92. The minimum absolute atomic E-state index is 0.107. The van der Waals surface area contributed by atoms with Crippen molar-refractivity contribution >= 4 is 17.9 Å². The molecule has 1 aromatic heterocycles. The van der Waals surface area contributed by atoms with Gasteiger partial charge in [-0.1, -0.05) is 0 Å². The van der Waals surface area contributed by atoms with E-state index in [-0.39, 0.29) is 18.2 Å². The summed E-state index contributed by atoms with van der Waals surface area (Å²) in [5, 5.41) is 6.44. The topological polar surface area (TPSA) is 73.2 Å². The maximum Gasteiger partial charge on any atom is 0.254 e. The highest BCUT2D eigenvalue weighted by Crippen LogP contribution is 2.25. The van der Waals surface area contributed by atoms with E-state index in [1.54, 1.807) is 24.9 Å². The molecule has 2 heterocycles. The molecule has 0 saturated carbocycles. The summed E-state index contributed by atoms with van der Waals surface area (Å²) in [5.74, 6) is -0.0517. The number of hydrogen-bond acceptors (Lipinski definition) is 4. The highest BCUT2D eigenvalue weighted by molar-refractivity contribution is 6.15. The standard InChI is InChI=1S/C11H13N3O3/c1-6-8(11(17-3)14(2)13-6)4-7-5-9(15)12-10(7)16/h4H,5H2,1-3H3,(H,12,15,16)/b7-4-. The molecule has 6 heteroatoms.